The molecule has 0 unspecified atom stereocenters. The maximum Gasteiger partial charge on any atom is 0.182 e. The molecule has 5 nitrogen and oxygen atoms in total. The molecule has 0 spiro atoms. The zero-order valence-corrected chi connectivity index (χ0v) is 24.1. The second-order valence-electron chi connectivity index (χ2n) is 11.1. The highest BCUT2D eigenvalue weighted by atomic mass is 16.3. The lowest BCUT2D eigenvalue weighted by Crippen LogP contribution is -2.01. The van der Waals surface area contributed by atoms with Gasteiger partial charge >= 0.3 is 0 Å². The van der Waals surface area contributed by atoms with Gasteiger partial charge in [-0.3, -0.25) is 0 Å². The highest BCUT2D eigenvalue weighted by molar-refractivity contribution is 6.11. The summed E-state index contributed by atoms with van der Waals surface area (Å²) in [5, 5.41) is 5.35. The van der Waals surface area contributed by atoms with Crippen LogP contribution in [0.1, 0.15) is 0 Å². The van der Waals surface area contributed by atoms with Crippen LogP contribution in [0, 0.1) is 0 Å². The average molecular weight is 577 g/mol. The molecule has 0 aliphatic carbocycles. The van der Waals surface area contributed by atoms with Crippen LogP contribution in [0.25, 0.3) is 89.0 Å². The van der Waals surface area contributed by atoms with Crippen LogP contribution in [-0.4, -0.2) is 19.9 Å². The number of hydrogen-bond donors (Lipinski definition) is 0. The second kappa shape index (κ2) is 10.2. The van der Waals surface area contributed by atoms with E-state index in [9.17, 15) is 0 Å². The summed E-state index contributed by atoms with van der Waals surface area (Å²) in [5.74, 6) is 1.68. The predicted octanol–water partition coefficient (Wildman–Crippen LogP) is 10.1. The van der Waals surface area contributed by atoms with Gasteiger partial charge < -0.3 is 4.42 Å². The maximum absolute atomic E-state index is 6.20. The smallest absolute Gasteiger partial charge is 0.182 e. The largest absolute Gasteiger partial charge is 0.456 e. The Morgan fingerprint density at radius 3 is 2.04 bits per heavy atom. The molecule has 9 rings (SSSR count). The molecule has 3 heterocycles. The molecular weight excluding hydrogens is 552 g/mol. The molecule has 0 saturated carbocycles. The van der Waals surface area contributed by atoms with Gasteiger partial charge in [0.05, 0.1) is 5.52 Å². The number of furan rings is 1. The summed E-state index contributed by atoms with van der Waals surface area (Å²) in [5.41, 5.74) is 7.31. The first kappa shape index (κ1) is 25.3. The molecule has 0 radical (unpaired) electrons. The van der Waals surface area contributed by atoms with Gasteiger partial charge in [-0.15, -0.1) is 0 Å². The minimum Gasteiger partial charge on any atom is -0.456 e. The summed E-state index contributed by atoms with van der Waals surface area (Å²) in [4.78, 5) is 20.1. The summed E-state index contributed by atoms with van der Waals surface area (Å²) in [6, 6.07) is 49.5. The molecular formula is C40H24N4O. The number of nitrogens with zero attached hydrogens (tertiary/aromatic N) is 4. The van der Waals surface area contributed by atoms with E-state index in [1.165, 1.54) is 5.56 Å². The first-order valence-electron chi connectivity index (χ1n) is 14.9. The molecule has 0 amide bonds. The van der Waals surface area contributed by atoms with Crippen LogP contribution in [0.15, 0.2) is 150 Å². The van der Waals surface area contributed by atoms with Gasteiger partial charge in [-0.05, 0) is 58.3 Å². The Morgan fingerprint density at radius 1 is 0.400 bits per heavy atom. The summed E-state index contributed by atoms with van der Waals surface area (Å²) < 4.78 is 6.20. The molecule has 5 heteroatoms. The topological polar surface area (TPSA) is 64.7 Å². The van der Waals surface area contributed by atoms with Crippen molar-refractivity contribution in [2.45, 2.75) is 0 Å². The van der Waals surface area contributed by atoms with Gasteiger partial charge in [-0.1, -0.05) is 109 Å². The van der Waals surface area contributed by atoms with Crippen molar-refractivity contribution in [3.63, 3.8) is 0 Å². The number of aromatic nitrogens is 4. The third-order valence-corrected chi connectivity index (χ3v) is 8.31. The third-order valence-electron chi connectivity index (χ3n) is 8.31. The molecule has 0 aliphatic heterocycles. The Labute approximate surface area is 258 Å². The van der Waals surface area contributed by atoms with Crippen molar-refractivity contribution < 1.29 is 4.42 Å². The average Bonchev–Trinajstić information content (AvgIpc) is 3.50. The molecule has 0 fully saturated rings. The van der Waals surface area contributed by atoms with E-state index >= 15 is 0 Å². The van der Waals surface area contributed by atoms with Crippen molar-refractivity contribution in [1.29, 1.82) is 0 Å². The van der Waals surface area contributed by atoms with E-state index in [2.05, 4.69) is 84.9 Å². The number of pyridine rings is 1. The number of para-hydroxylation sites is 1. The van der Waals surface area contributed by atoms with Gasteiger partial charge in [-0.2, -0.15) is 0 Å². The number of rotatable bonds is 4. The van der Waals surface area contributed by atoms with Crippen LogP contribution >= 0.6 is 0 Å². The SMILES string of the molecule is c1ccc(-c2ccc3nc(-c4nc(-c5ccc6ccccc6c5)nc(-c5cccc6oc7ccccc7c56)n4)ccc3c2)cc1. The summed E-state index contributed by atoms with van der Waals surface area (Å²) >= 11 is 0. The Balaban J connectivity index is 1.25. The highest BCUT2D eigenvalue weighted by Crippen LogP contribution is 2.36. The van der Waals surface area contributed by atoms with Crippen LogP contribution in [0.2, 0.25) is 0 Å². The normalized spacial score (nSPS) is 11.6. The number of hydrogen-bond acceptors (Lipinski definition) is 5. The van der Waals surface area contributed by atoms with E-state index in [0.29, 0.717) is 23.2 Å². The van der Waals surface area contributed by atoms with Crippen LogP contribution < -0.4 is 0 Å². The van der Waals surface area contributed by atoms with E-state index < -0.39 is 0 Å². The Morgan fingerprint density at radius 2 is 1.11 bits per heavy atom. The fourth-order valence-corrected chi connectivity index (χ4v) is 6.09. The zero-order chi connectivity index (χ0) is 29.7. The molecule has 0 N–H and O–H groups in total. The number of fused-ring (bicyclic) bond motifs is 5. The first-order valence-corrected chi connectivity index (χ1v) is 14.9. The minimum absolute atomic E-state index is 0.516. The third kappa shape index (κ3) is 4.41. The van der Waals surface area contributed by atoms with Crippen LogP contribution in [0.5, 0.6) is 0 Å². The Bertz CT molecular complexity index is 2550. The van der Waals surface area contributed by atoms with Gasteiger partial charge in [0.2, 0.25) is 0 Å². The van der Waals surface area contributed by atoms with E-state index in [0.717, 1.165) is 60.3 Å². The standard InChI is InChI=1S/C40H24N4O/c1-2-9-25(10-3-1)28-19-21-33-29(23-28)20-22-34(41-33)40-43-38(30-18-17-26-11-4-5-12-27(26)24-30)42-39(44-40)32-14-8-16-36-37(32)31-13-6-7-15-35(31)45-36/h1-24H. The molecule has 9 aromatic rings. The van der Waals surface area contributed by atoms with E-state index in [-0.39, 0.29) is 0 Å². The van der Waals surface area contributed by atoms with E-state index in [4.69, 9.17) is 24.4 Å². The highest BCUT2D eigenvalue weighted by Gasteiger charge is 2.18. The lowest BCUT2D eigenvalue weighted by atomic mass is 10.0. The monoisotopic (exact) mass is 576 g/mol. The van der Waals surface area contributed by atoms with Gasteiger partial charge in [0, 0.05) is 27.3 Å². The van der Waals surface area contributed by atoms with Crippen LogP contribution in [-0.2, 0) is 0 Å². The van der Waals surface area contributed by atoms with Crippen LogP contribution in [0.3, 0.4) is 0 Å². The van der Waals surface area contributed by atoms with Crippen molar-refractivity contribution in [1.82, 2.24) is 19.9 Å². The van der Waals surface area contributed by atoms with Crippen molar-refractivity contribution >= 4 is 43.6 Å². The van der Waals surface area contributed by atoms with Gasteiger partial charge in [-0.25, -0.2) is 19.9 Å². The van der Waals surface area contributed by atoms with Crippen molar-refractivity contribution in [3.05, 3.63) is 146 Å². The molecule has 0 atom stereocenters. The molecule has 0 aliphatic rings. The fourth-order valence-electron chi connectivity index (χ4n) is 6.09. The van der Waals surface area contributed by atoms with E-state index in [1.54, 1.807) is 0 Å². The molecule has 3 aromatic heterocycles. The van der Waals surface area contributed by atoms with Crippen LogP contribution in [0.4, 0.5) is 0 Å². The molecule has 45 heavy (non-hydrogen) atoms. The van der Waals surface area contributed by atoms with Crippen molar-refractivity contribution in [2.24, 2.45) is 0 Å². The van der Waals surface area contributed by atoms with Gasteiger partial charge in [0.1, 0.15) is 16.9 Å². The lowest BCUT2D eigenvalue weighted by Gasteiger charge is -2.10. The summed E-state index contributed by atoms with van der Waals surface area (Å²) in [7, 11) is 0. The lowest BCUT2D eigenvalue weighted by molar-refractivity contribution is 0.669. The zero-order valence-electron chi connectivity index (χ0n) is 24.1. The van der Waals surface area contributed by atoms with Gasteiger partial charge in [0.15, 0.2) is 17.5 Å². The van der Waals surface area contributed by atoms with E-state index in [1.807, 2.05) is 60.7 Å². The van der Waals surface area contributed by atoms with Gasteiger partial charge in [0.25, 0.3) is 0 Å². The quantitative estimate of drug-likeness (QED) is 0.209. The second-order valence-corrected chi connectivity index (χ2v) is 11.1. The first-order chi connectivity index (χ1) is 22.3. The van der Waals surface area contributed by atoms with Crippen molar-refractivity contribution in [2.75, 3.05) is 0 Å². The summed E-state index contributed by atoms with van der Waals surface area (Å²) in [6.07, 6.45) is 0. The van der Waals surface area contributed by atoms with Crippen molar-refractivity contribution in [3.8, 4) is 45.4 Å². The molecule has 210 valence electrons. The molecule has 0 bridgehead atoms. The maximum atomic E-state index is 6.20. The molecule has 0 saturated heterocycles. The Kier molecular flexibility index (Phi) is 5.74. The predicted molar refractivity (Wildman–Crippen MR) is 182 cm³/mol. The fraction of sp³-hybridized carbons (Fsp3) is 0. The molecule has 6 aromatic carbocycles. The number of benzene rings is 6. The minimum atomic E-state index is 0.516. The summed E-state index contributed by atoms with van der Waals surface area (Å²) in [6.45, 7) is 0. The Hall–Kier alpha value is -6.20.